The lowest BCUT2D eigenvalue weighted by molar-refractivity contribution is -0.127. The number of carbonyl (C=O) groups excluding carboxylic acids is 3. The van der Waals surface area contributed by atoms with E-state index in [1.54, 1.807) is 25.1 Å². The summed E-state index contributed by atoms with van der Waals surface area (Å²) in [4.78, 5) is 38.4. The number of nitrogens with one attached hydrogen (secondary N) is 1. The van der Waals surface area contributed by atoms with Gasteiger partial charge in [0.15, 0.2) is 11.5 Å². The number of aryl methyl sites for hydroxylation is 1. The van der Waals surface area contributed by atoms with E-state index < -0.39 is 23.6 Å². The van der Waals surface area contributed by atoms with Crippen molar-refractivity contribution in [1.29, 1.82) is 0 Å². The molecule has 3 rings (SSSR count). The molecular weight excluding hydrogens is 444 g/mol. The van der Waals surface area contributed by atoms with Crippen LogP contribution in [0.25, 0.3) is 6.08 Å². The predicted octanol–water partition coefficient (Wildman–Crippen LogP) is 4.05. The summed E-state index contributed by atoms with van der Waals surface area (Å²) in [6.07, 6.45) is 1.47. The smallest absolute Gasteiger partial charge is 0.294 e. The van der Waals surface area contributed by atoms with E-state index in [0.717, 1.165) is 10.5 Å². The monoisotopic (exact) mass is 462 g/mol. The van der Waals surface area contributed by atoms with Gasteiger partial charge in [0.05, 0.1) is 19.1 Å². The van der Waals surface area contributed by atoms with Crippen LogP contribution in [0.15, 0.2) is 35.2 Å². The average Bonchev–Trinajstić information content (AvgIpc) is 2.99. The van der Waals surface area contributed by atoms with Gasteiger partial charge in [0.2, 0.25) is 11.7 Å². The summed E-state index contributed by atoms with van der Waals surface area (Å²) in [5.74, 6) is -0.994. The van der Waals surface area contributed by atoms with E-state index in [0.29, 0.717) is 28.0 Å². The molecule has 0 radical (unpaired) electrons. The molecule has 8 nitrogen and oxygen atoms in total. The summed E-state index contributed by atoms with van der Waals surface area (Å²) >= 11 is 6.67. The summed E-state index contributed by atoms with van der Waals surface area (Å²) in [6, 6.07) is 8.04. The van der Waals surface area contributed by atoms with Gasteiger partial charge in [-0.05, 0) is 60.2 Å². The third kappa shape index (κ3) is 4.95. The second-order valence-corrected chi connectivity index (χ2v) is 7.98. The number of amides is 3. The van der Waals surface area contributed by atoms with Crippen LogP contribution in [0.4, 0.5) is 10.5 Å². The minimum Gasteiger partial charge on any atom is -0.502 e. The highest BCUT2D eigenvalue weighted by molar-refractivity contribution is 8.18. The number of imide groups is 1. The number of nitrogens with zero attached hydrogens (tertiary/aromatic N) is 1. The Morgan fingerprint density at radius 3 is 2.45 bits per heavy atom. The van der Waals surface area contributed by atoms with Gasteiger partial charge < -0.3 is 19.9 Å². The molecule has 162 valence electrons. The number of aromatic hydroxyl groups is 1. The van der Waals surface area contributed by atoms with Crippen molar-refractivity contribution in [1.82, 2.24) is 4.90 Å². The zero-order chi connectivity index (χ0) is 22.7. The van der Waals surface area contributed by atoms with Crippen molar-refractivity contribution in [3.8, 4) is 17.2 Å². The first-order chi connectivity index (χ1) is 14.7. The molecule has 0 aromatic heterocycles. The molecule has 1 saturated heterocycles. The van der Waals surface area contributed by atoms with Gasteiger partial charge in [0.1, 0.15) is 6.54 Å². The molecule has 2 aromatic carbocycles. The van der Waals surface area contributed by atoms with Crippen molar-refractivity contribution in [2.75, 3.05) is 26.1 Å². The number of methoxy groups -OCH3 is 2. The molecule has 0 atom stereocenters. The van der Waals surface area contributed by atoms with Crippen molar-refractivity contribution in [3.05, 3.63) is 51.4 Å². The molecular formula is C21H19ClN2O6S. The molecule has 1 aliphatic rings. The van der Waals surface area contributed by atoms with Crippen LogP contribution in [-0.2, 0) is 9.59 Å². The minimum atomic E-state index is -0.598. The molecule has 2 aromatic rings. The van der Waals surface area contributed by atoms with Crippen molar-refractivity contribution in [3.63, 3.8) is 0 Å². The van der Waals surface area contributed by atoms with Crippen LogP contribution >= 0.6 is 23.4 Å². The Morgan fingerprint density at radius 1 is 1.19 bits per heavy atom. The SMILES string of the molecule is COc1cc(/C=C2/SC(=O)N(CC(=O)Nc3cc(Cl)ccc3C)C2=O)cc(OC)c1O. The van der Waals surface area contributed by atoms with Crippen LogP contribution < -0.4 is 14.8 Å². The number of thioether (sulfide) groups is 1. The van der Waals surface area contributed by atoms with Crippen molar-refractivity contribution < 1.29 is 29.0 Å². The number of rotatable bonds is 6. The maximum atomic E-state index is 12.7. The third-order valence-corrected chi connectivity index (χ3v) is 5.59. The van der Waals surface area contributed by atoms with Crippen molar-refractivity contribution >= 4 is 52.2 Å². The zero-order valence-corrected chi connectivity index (χ0v) is 18.5. The van der Waals surface area contributed by atoms with E-state index in [1.807, 2.05) is 0 Å². The molecule has 1 aliphatic heterocycles. The molecule has 10 heteroatoms. The lowest BCUT2D eigenvalue weighted by atomic mass is 10.1. The Labute approximate surface area is 187 Å². The molecule has 1 heterocycles. The fourth-order valence-electron chi connectivity index (χ4n) is 2.85. The van der Waals surface area contributed by atoms with Gasteiger partial charge in [0, 0.05) is 10.7 Å². The zero-order valence-electron chi connectivity index (χ0n) is 16.9. The number of carbonyl (C=O) groups is 3. The van der Waals surface area contributed by atoms with Crippen LogP contribution in [0.5, 0.6) is 17.2 Å². The molecule has 2 N–H and O–H groups in total. The summed E-state index contributed by atoms with van der Waals surface area (Å²) in [6.45, 7) is 1.37. The number of halogens is 1. The second-order valence-electron chi connectivity index (χ2n) is 6.55. The lowest BCUT2D eigenvalue weighted by Gasteiger charge is -2.14. The molecule has 0 spiro atoms. The molecule has 0 unspecified atom stereocenters. The van der Waals surface area contributed by atoms with Crippen LogP contribution in [0, 0.1) is 6.92 Å². The van der Waals surface area contributed by atoms with E-state index in [4.69, 9.17) is 21.1 Å². The van der Waals surface area contributed by atoms with Gasteiger partial charge in [0.25, 0.3) is 11.1 Å². The highest BCUT2D eigenvalue weighted by atomic mass is 35.5. The van der Waals surface area contributed by atoms with Gasteiger partial charge in [-0.2, -0.15) is 0 Å². The quantitative estimate of drug-likeness (QED) is 0.624. The maximum Gasteiger partial charge on any atom is 0.294 e. The Hall–Kier alpha value is -3.17. The maximum absolute atomic E-state index is 12.7. The van der Waals surface area contributed by atoms with Crippen LogP contribution in [0.2, 0.25) is 5.02 Å². The molecule has 0 saturated carbocycles. The molecule has 1 fully saturated rings. The topological polar surface area (TPSA) is 105 Å². The Bertz CT molecular complexity index is 1080. The Balaban J connectivity index is 1.78. The normalized spacial score (nSPS) is 14.8. The van der Waals surface area contributed by atoms with Gasteiger partial charge >= 0.3 is 0 Å². The van der Waals surface area contributed by atoms with E-state index in [9.17, 15) is 19.5 Å². The van der Waals surface area contributed by atoms with Gasteiger partial charge in [-0.15, -0.1) is 0 Å². The predicted molar refractivity (Wildman–Crippen MR) is 119 cm³/mol. The first kappa shape index (κ1) is 22.5. The molecule has 3 amide bonds. The fraction of sp³-hybridized carbons (Fsp3) is 0.190. The second kappa shape index (κ2) is 9.32. The first-order valence-corrected chi connectivity index (χ1v) is 10.2. The standard InChI is InChI=1S/C21H19ClN2O6S/c1-11-4-5-13(22)9-14(11)23-18(25)10-24-20(27)17(31-21(24)28)8-12-6-15(29-2)19(26)16(7-12)30-3/h4-9,26H,10H2,1-3H3,(H,23,25)/b17-8+. The van der Waals surface area contributed by atoms with Crippen LogP contribution in [-0.4, -0.2) is 47.8 Å². The molecule has 0 bridgehead atoms. The van der Waals surface area contributed by atoms with Crippen LogP contribution in [0.1, 0.15) is 11.1 Å². The number of ether oxygens (including phenoxy) is 2. The van der Waals surface area contributed by atoms with E-state index in [2.05, 4.69) is 5.32 Å². The van der Waals surface area contributed by atoms with Gasteiger partial charge in [-0.1, -0.05) is 17.7 Å². The van der Waals surface area contributed by atoms with Crippen LogP contribution in [0.3, 0.4) is 0 Å². The number of hydrogen-bond acceptors (Lipinski definition) is 7. The lowest BCUT2D eigenvalue weighted by Crippen LogP contribution is -2.36. The average molecular weight is 463 g/mol. The summed E-state index contributed by atoms with van der Waals surface area (Å²) < 4.78 is 10.2. The number of anilines is 1. The number of benzene rings is 2. The summed E-state index contributed by atoms with van der Waals surface area (Å²) in [5.41, 5.74) is 1.78. The fourth-order valence-corrected chi connectivity index (χ4v) is 3.86. The Kier molecular flexibility index (Phi) is 6.77. The third-order valence-electron chi connectivity index (χ3n) is 4.45. The summed E-state index contributed by atoms with van der Waals surface area (Å²) in [5, 5.41) is 12.6. The number of phenols is 1. The largest absolute Gasteiger partial charge is 0.502 e. The van der Waals surface area contributed by atoms with E-state index in [-0.39, 0.29) is 22.2 Å². The molecule has 0 aliphatic carbocycles. The van der Waals surface area contributed by atoms with Gasteiger partial charge in [-0.3, -0.25) is 19.3 Å². The molecule has 31 heavy (non-hydrogen) atoms. The highest BCUT2D eigenvalue weighted by Crippen LogP contribution is 2.39. The first-order valence-electron chi connectivity index (χ1n) is 9.00. The van der Waals surface area contributed by atoms with E-state index >= 15 is 0 Å². The summed E-state index contributed by atoms with van der Waals surface area (Å²) in [7, 11) is 2.76. The minimum absolute atomic E-state index is 0.131. The van der Waals surface area contributed by atoms with Crippen molar-refractivity contribution in [2.45, 2.75) is 6.92 Å². The van der Waals surface area contributed by atoms with E-state index in [1.165, 1.54) is 32.4 Å². The van der Waals surface area contributed by atoms with Gasteiger partial charge in [-0.25, -0.2) is 0 Å². The highest BCUT2D eigenvalue weighted by Gasteiger charge is 2.36. The number of hydrogen-bond donors (Lipinski definition) is 2. The number of phenolic OH excluding ortho intramolecular Hbond substituents is 1. The Morgan fingerprint density at radius 2 is 1.84 bits per heavy atom. The van der Waals surface area contributed by atoms with Crippen molar-refractivity contribution in [2.24, 2.45) is 0 Å².